The summed E-state index contributed by atoms with van der Waals surface area (Å²) in [5, 5.41) is 5.66. The molecule has 2 N–H and O–H groups in total. The number of carbonyl (C=O) groups is 3. The van der Waals surface area contributed by atoms with Gasteiger partial charge < -0.3 is 24.7 Å². The number of hydrogen-bond donors (Lipinski definition) is 2. The zero-order valence-electron chi connectivity index (χ0n) is 18.9. The van der Waals surface area contributed by atoms with Gasteiger partial charge in [-0.2, -0.15) is 0 Å². The highest BCUT2D eigenvalue weighted by molar-refractivity contribution is 5.95. The maximum atomic E-state index is 13.5. The van der Waals surface area contributed by atoms with E-state index in [1.54, 1.807) is 24.3 Å². The number of benzene rings is 1. The van der Waals surface area contributed by atoms with Crippen molar-refractivity contribution in [1.29, 1.82) is 0 Å². The number of nitrogens with zero attached hydrogens (tertiary/aromatic N) is 1. The second-order valence-corrected chi connectivity index (χ2v) is 7.86. The Kier molecular flexibility index (Phi) is 8.69. The van der Waals surface area contributed by atoms with E-state index in [1.807, 2.05) is 19.1 Å². The van der Waals surface area contributed by atoms with Crippen molar-refractivity contribution in [2.45, 2.75) is 44.7 Å². The highest BCUT2D eigenvalue weighted by Gasteiger charge is 2.34. The van der Waals surface area contributed by atoms with Crippen molar-refractivity contribution >= 4 is 17.7 Å². The number of amides is 3. The number of ether oxygens (including phenoxy) is 1. The van der Waals surface area contributed by atoms with Crippen LogP contribution >= 0.6 is 0 Å². The van der Waals surface area contributed by atoms with Gasteiger partial charge in [0.25, 0.3) is 5.91 Å². The van der Waals surface area contributed by atoms with Crippen molar-refractivity contribution in [2.24, 2.45) is 0 Å². The van der Waals surface area contributed by atoms with E-state index in [-0.39, 0.29) is 30.8 Å². The molecule has 33 heavy (non-hydrogen) atoms. The first-order chi connectivity index (χ1) is 16.0. The zero-order chi connectivity index (χ0) is 23.6. The normalized spacial score (nSPS) is 14.3. The number of nitrogens with one attached hydrogen (secondary N) is 2. The third kappa shape index (κ3) is 6.25. The third-order valence-electron chi connectivity index (χ3n) is 5.57. The van der Waals surface area contributed by atoms with Crippen molar-refractivity contribution in [3.05, 3.63) is 66.6 Å². The van der Waals surface area contributed by atoms with Crippen molar-refractivity contribution in [1.82, 2.24) is 15.5 Å². The second-order valence-electron chi connectivity index (χ2n) is 7.86. The number of furan rings is 1. The first kappa shape index (κ1) is 24.1. The Bertz CT molecular complexity index is 951. The summed E-state index contributed by atoms with van der Waals surface area (Å²) in [5.74, 6) is -0.564. The number of carbonyl (C=O) groups excluding carboxylic acids is 3. The summed E-state index contributed by atoms with van der Waals surface area (Å²) in [5.41, 5.74) is 0.586. The maximum Gasteiger partial charge on any atom is 0.287 e. The molecule has 1 aromatic carbocycles. The summed E-state index contributed by atoms with van der Waals surface area (Å²) in [4.78, 5) is 40.4. The average Bonchev–Trinajstić information content (AvgIpc) is 3.53. The maximum absolute atomic E-state index is 13.5. The zero-order valence-corrected chi connectivity index (χ0v) is 18.9. The van der Waals surface area contributed by atoms with Gasteiger partial charge in [0, 0.05) is 18.2 Å². The number of rotatable bonds is 11. The van der Waals surface area contributed by atoms with Gasteiger partial charge in [-0.3, -0.25) is 14.4 Å². The fourth-order valence-corrected chi connectivity index (χ4v) is 4.04. The second kappa shape index (κ2) is 11.9. The summed E-state index contributed by atoms with van der Waals surface area (Å²) >= 11 is 0. The van der Waals surface area contributed by atoms with Gasteiger partial charge in [0.1, 0.15) is 11.8 Å². The lowest BCUT2D eigenvalue weighted by Gasteiger charge is -2.32. The molecule has 0 saturated heterocycles. The van der Waals surface area contributed by atoms with Gasteiger partial charge >= 0.3 is 0 Å². The predicted octanol–water partition coefficient (Wildman–Crippen LogP) is 3.22. The monoisotopic (exact) mass is 453 g/mol. The minimum Gasteiger partial charge on any atom is -0.494 e. The lowest BCUT2D eigenvalue weighted by atomic mass is 10.0. The smallest absolute Gasteiger partial charge is 0.287 e. The van der Waals surface area contributed by atoms with E-state index in [0.29, 0.717) is 17.9 Å². The average molecular weight is 454 g/mol. The molecule has 0 radical (unpaired) electrons. The quantitative estimate of drug-likeness (QED) is 0.509. The van der Waals surface area contributed by atoms with Crippen LogP contribution in [0.3, 0.4) is 0 Å². The molecule has 1 aliphatic rings. The Hall–Kier alpha value is -3.55. The molecule has 176 valence electrons. The fourth-order valence-electron chi connectivity index (χ4n) is 4.04. The molecule has 3 rings (SSSR count). The molecule has 8 heteroatoms. The molecule has 1 fully saturated rings. The minimum atomic E-state index is -0.931. The van der Waals surface area contributed by atoms with Crippen molar-refractivity contribution in [2.75, 3.05) is 19.7 Å². The Balaban J connectivity index is 1.87. The van der Waals surface area contributed by atoms with E-state index < -0.39 is 17.9 Å². The summed E-state index contributed by atoms with van der Waals surface area (Å²) in [6, 6.07) is 9.45. The Labute approximate surface area is 194 Å². The Morgan fingerprint density at radius 3 is 2.64 bits per heavy atom. The molecule has 1 heterocycles. The van der Waals surface area contributed by atoms with Gasteiger partial charge in [-0.15, -0.1) is 6.58 Å². The minimum absolute atomic E-state index is 0.0820. The van der Waals surface area contributed by atoms with E-state index in [0.717, 1.165) is 25.7 Å². The van der Waals surface area contributed by atoms with Crippen LogP contribution in [0.1, 0.15) is 54.8 Å². The summed E-state index contributed by atoms with van der Waals surface area (Å²) in [7, 11) is 0. The van der Waals surface area contributed by atoms with E-state index >= 15 is 0 Å². The lowest BCUT2D eigenvalue weighted by molar-refractivity contribution is -0.139. The topological polar surface area (TPSA) is 101 Å². The molecule has 1 unspecified atom stereocenters. The molecular formula is C25H31N3O5. The van der Waals surface area contributed by atoms with Crippen LogP contribution in [-0.2, 0) is 9.59 Å². The summed E-state index contributed by atoms with van der Waals surface area (Å²) in [6.45, 7) is 5.87. The van der Waals surface area contributed by atoms with E-state index in [1.165, 1.54) is 17.2 Å². The highest BCUT2D eigenvalue weighted by atomic mass is 16.5. The first-order valence-corrected chi connectivity index (χ1v) is 11.3. The summed E-state index contributed by atoms with van der Waals surface area (Å²) in [6.07, 6.45) is 6.92. The third-order valence-corrected chi connectivity index (χ3v) is 5.57. The van der Waals surface area contributed by atoms with Gasteiger partial charge in [-0.05, 0) is 38.0 Å². The van der Waals surface area contributed by atoms with Crippen molar-refractivity contribution in [3.8, 4) is 5.75 Å². The molecule has 3 amide bonds. The van der Waals surface area contributed by atoms with Crippen LogP contribution in [0.15, 0.2) is 59.7 Å². The molecule has 1 aromatic heterocycles. The van der Waals surface area contributed by atoms with E-state index in [2.05, 4.69) is 17.2 Å². The van der Waals surface area contributed by atoms with Crippen LogP contribution in [0, 0.1) is 0 Å². The van der Waals surface area contributed by atoms with E-state index in [9.17, 15) is 14.4 Å². The molecular weight excluding hydrogens is 422 g/mol. The predicted molar refractivity (Wildman–Crippen MR) is 124 cm³/mol. The van der Waals surface area contributed by atoms with Gasteiger partial charge in [0.05, 0.1) is 19.4 Å². The largest absolute Gasteiger partial charge is 0.494 e. The molecule has 0 aliphatic heterocycles. The van der Waals surface area contributed by atoms with Gasteiger partial charge in [0.2, 0.25) is 11.8 Å². The molecule has 0 spiro atoms. The van der Waals surface area contributed by atoms with E-state index in [4.69, 9.17) is 9.15 Å². The van der Waals surface area contributed by atoms with Crippen LogP contribution in [-0.4, -0.2) is 48.4 Å². The SMILES string of the molecule is C=CCN(C(=O)CNC(=O)c1ccco1)C(C(=O)NC1CCCC1)c1ccccc1OCC. The molecule has 1 atom stereocenters. The molecule has 1 aliphatic carbocycles. The Morgan fingerprint density at radius 2 is 1.97 bits per heavy atom. The summed E-state index contributed by atoms with van der Waals surface area (Å²) < 4.78 is 10.8. The molecule has 2 aromatic rings. The van der Waals surface area contributed by atoms with Crippen molar-refractivity contribution < 1.29 is 23.5 Å². The van der Waals surface area contributed by atoms with Gasteiger partial charge in [-0.25, -0.2) is 0 Å². The first-order valence-electron chi connectivity index (χ1n) is 11.3. The highest BCUT2D eigenvalue weighted by Crippen LogP contribution is 2.31. The standard InChI is InChI=1S/C25H31N3O5/c1-3-15-28(22(29)17-26-24(30)21-14-9-16-33-21)23(25(31)27-18-10-5-6-11-18)19-12-7-8-13-20(19)32-4-2/h3,7-9,12-14,16,18,23H,1,4-6,10-11,15,17H2,2H3,(H,26,30)(H,27,31). The molecule has 1 saturated carbocycles. The van der Waals surface area contributed by atoms with Crippen LogP contribution in [0.5, 0.6) is 5.75 Å². The van der Waals surface area contributed by atoms with Crippen LogP contribution in [0.2, 0.25) is 0 Å². The van der Waals surface area contributed by atoms with Gasteiger partial charge in [0.15, 0.2) is 5.76 Å². The lowest BCUT2D eigenvalue weighted by Crippen LogP contribution is -2.49. The Morgan fingerprint density at radius 1 is 1.21 bits per heavy atom. The fraction of sp³-hybridized carbons (Fsp3) is 0.400. The number of para-hydroxylation sites is 1. The van der Waals surface area contributed by atoms with Crippen LogP contribution in [0.25, 0.3) is 0 Å². The molecule has 8 nitrogen and oxygen atoms in total. The number of hydrogen-bond acceptors (Lipinski definition) is 5. The van der Waals surface area contributed by atoms with Crippen molar-refractivity contribution in [3.63, 3.8) is 0 Å². The van der Waals surface area contributed by atoms with Crippen LogP contribution < -0.4 is 15.4 Å². The van der Waals surface area contributed by atoms with Gasteiger partial charge in [-0.1, -0.05) is 37.1 Å². The molecule has 0 bridgehead atoms. The van der Waals surface area contributed by atoms with Crippen LogP contribution in [0.4, 0.5) is 0 Å².